The second-order valence-electron chi connectivity index (χ2n) is 5.41. The summed E-state index contributed by atoms with van der Waals surface area (Å²) in [5, 5.41) is 6.17. The topological polar surface area (TPSA) is 78.5 Å². The SMILES string of the molecule is O=C(OCc1ccccc1)N1CCN(c2cn[nH]c(=O)c2Cl)CC1. The van der Waals surface area contributed by atoms with Crippen LogP contribution in [0.25, 0.3) is 0 Å². The van der Waals surface area contributed by atoms with Crippen molar-refractivity contribution in [3.8, 4) is 0 Å². The molecule has 0 radical (unpaired) electrons. The molecule has 0 saturated carbocycles. The van der Waals surface area contributed by atoms with Gasteiger partial charge in [0.15, 0.2) is 0 Å². The largest absolute Gasteiger partial charge is 0.445 e. The Kier molecular flexibility index (Phi) is 5.00. The fourth-order valence-electron chi connectivity index (χ4n) is 2.54. The van der Waals surface area contributed by atoms with Crippen molar-refractivity contribution in [1.29, 1.82) is 0 Å². The Morgan fingerprint density at radius 3 is 2.62 bits per heavy atom. The summed E-state index contributed by atoms with van der Waals surface area (Å²) in [5.41, 5.74) is 1.11. The van der Waals surface area contributed by atoms with Crippen molar-refractivity contribution >= 4 is 23.4 Å². The molecule has 1 aromatic carbocycles. The first-order valence-electron chi connectivity index (χ1n) is 7.59. The minimum Gasteiger partial charge on any atom is -0.445 e. The highest BCUT2D eigenvalue weighted by molar-refractivity contribution is 6.33. The second-order valence-corrected chi connectivity index (χ2v) is 5.79. The third-order valence-electron chi connectivity index (χ3n) is 3.86. The Labute approximate surface area is 143 Å². The van der Waals surface area contributed by atoms with Gasteiger partial charge in [-0.3, -0.25) is 4.79 Å². The van der Waals surface area contributed by atoms with Crippen LogP contribution in [0.5, 0.6) is 0 Å². The van der Waals surface area contributed by atoms with Crippen LogP contribution in [0, 0.1) is 0 Å². The molecule has 1 aromatic heterocycles. The molecule has 24 heavy (non-hydrogen) atoms. The maximum absolute atomic E-state index is 12.1. The Morgan fingerprint density at radius 2 is 1.92 bits per heavy atom. The van der Waals surface area contributed by atoms with Gasteiger partial charge in [-0.2, -0.15) is 5.10 Å². The maximum atomic E-state index is 12.1. The third kappa shape index (κ3) is 3.68. The maximum Gasteiger partial charge on any atom is 0.410 e. The number of hydrogen-bond donors (Lipinski definition) is 1. The van der Waals surface area contributed by atoms with Gasteiger partial charge in [0.2, 0.25) is 0 Å². The van der Waals surface area contributed by atoms with Crippen molar-refractivity contribution in [3.63, 3.8) is 0 Å². The summed E-state index contributed by atoms with van der Waals surface area (Å²) in [6, 6.07) is 9.54. The Balaban J connectivity index is 1.54. The van der Waals surface area contributed by atoms with Gasteiger partial charge in [-0.25, -0.2) is 9.89 Å². The average Bonchev–Trinajstić information content (AvgIpc) is 2.63. The van der Waals surface area contributed by atoms with E-state index < -0.39 is 5.56 Å². The van der Waals surface area contributed by atoms with Gasteiger partial charge in [0, 0.05) is 26.2 Å². The van der Waals surface area contributed by atoms with E-state index in [0.29, 0.717) is 31.9 Å². The molecule has 8 heteroatoms. The van der Waals surface area contributed by atoms with E-state index in [9.17, 15) is 9.59 Å². The van der Waals surface area contributed by atoms with Crippen LogP contribution in [0.3, 0.4) is 0 Å². The van der Waals surface area contributed by atoms with Crippen LogP contribution in [0.4, 0.5) is 10.5 Å². The number of H-pyrrole nitrogens is 1. The van der Waals surface area contributed by atoms with Crippen LogP contribution in [0.2, 0.25) is 5.02 Å². The Hall–Kier alpha value is -2.54. The summed E-state index contributed by atoms with van der Waals surface area (Å²) in [7, 11) is 0. The molecule has 1 N–H and O–H groups in total. The van der Waals surface area contributed by atoms with Gasteiger partial charge >= 0.3 is 6.09 Å². The lowest BCUT2D eigenvalue weighted by Crippen LogP contribution is -2.49. The van der Waals surface area contributed by atoms with Gasteiger partial charge in [0.05, 0.1) is 11.9 Å². The molecule has 0 aliphatic carbocycles. The van der Waals surface area contributed by atoms with Crippen LogP contribution < -0.4 is 10.5 Å². The van der Waals surface area contributed by atoms with Crippen molar-refractivity contribution < 1.29 is 9.53 Å². The molecule has 3 rings (SSSR count). The number of nitrogens with one attached hydrogen (secondary N) is 1. The standard InChI is InChI=1S/C16H17ClN4O3/c17-14-13(10-18-19-15(14)22)20-6-8-21(9-7-20)16(23)24-11-12-4-2-1-3-5-12/h1-5,10H,6-9,11H2,(H,19,22). The van der Waals surface area contributed by atoms with Gasteiger partial charge < -0.3 is 14.5 Å². The van der Waals surface area contributed by atoms with Crippen molar-refractivity contribution in [2.75, 3.05) is 31.1 Å². The highest BCUT2D eigenvalue weighted by Crippen LogP contribution is 2.21. The molecule has 0 bridgehead atoms. The third-order valence-corrected chi connectivity index (χ3v) is 4.23. The molecule has 2 aromatic rings. The number of aromatic amines is 1. The Bertz CT molecular complexity index is 757. The second kappa shape index (κ2) is 7.35. The lowest BCUT2D eigenvalue weighted by Gasteiger charge is -2.35. The molecule has 0 spiro atoms. The summed E-state index contributed by atoms with van der Waals surface area (Å²) >= 11 is 6.01. The van der Waals surface area contributed by atoms with Crippen LogP contribution in [0.1, 0.15) is 5.56 Å². The first-order valence-corrected chi connectivity index (χ1v) is 7.96. The molecule has 1 saturated heterocycles. The van der Waals surface area contributed by atoms with Crippen LogP contribution in [0.15, 0.2) is 41.3 Å². The van der Waals surface area contributed by atoms with Gasteiger partial charge in [0.25, 0.3) is 5.56 Å². The summed E-state index contributed by atoms with van der Waals surface area (Å²) in [4.78, 5) is 27.2. The zero-order valence-corrected chi connectivity index (χ0v) is 13.7. The van der Waals surface area contributed by atoms with Crippen molar-refractivity contribution in [2.24, 2.45) is 0 Å². The molecule has 1 aliphatic heterocycles. The number of amides is 1. The molecule has 0 atom stereocenters. The molecule has 2 heterocycles. The fraction of sp³-hybridized carbons (Fsp3) is 0.312. The molecule has 1 aliphatic rings. The minimum absolute atomic E-state index is 0.116. The van der Waals surface area contributed by atoms with E-state index in [1.165, 1.54) is 6.20 Å². The number of anilines is 1. The smallest absolute Gasteiger partial charge is 0.410 e. The normalized spacial score (nSPS) is 14.5. The number of aromatic nitrogens is 2. The minimum atomic E-state index is -0.418. The number of piperazine rings is 1. The molecule has 1 amide bonds. The number of nitrogens with zero attached hydrogens (tertiary/aromatic N) is 3. The van der Waals surface area contributed by atoms with E-state index >= 15 is 0 Å². The molecular weight excluding hydrogens is 332 g/mol. The zero-order chi connectivity index (χ0) is 16.9. The summed E-state index contributed by atoms with van der Waals surface area (Å²) in [6.45, 7) is 2.37. The number of rotatable bonds is 3. The highest BCUT2D eigenvalue weighted by atomic mass is 35.5. The summed E-state index contributed by atoms with van der Waals surface area (Å²) in [5.74, 6) is 0. The zero-order valence-electron chi connectivity index (χ0n) is 12.9. The number of ether oxygens (including phenoxy) is 1. The van der Waals surface area contributed by atoms with E-state index in [1.807, 2.05) is 35.2 Å². The molecular formula is C16H17ClN4O3. The molecule has 7 nitrogen and oxygen atoms in total. The Morgan fingerprint density at radius 1 is 1.21 bits per heavy atom. The highest BCUT2D eigenvalue weighted by Gasteiger charge is 2.24. The lowest BCUT2D eigenvalue weighted by molar-refractivity contribution is 0.0942. The van der Waals surface area contributed by atoms with Gasteiger partial charge in [-0.15, -0.1) is 0 Å². The first-order chi connectivity index (χ1) is 11.6. The predicted octanol–water partition coefficient (Wildman–Crippen LogP) is 1.88. The van der Waals surface area contributed by atoms with Crippen LogP contribution in [-0.4, -0.2) is 47.4 Å². The van der Waals surface area contributed by atoms with E-state index in [-0.39, 0.29) is 17.7 Å². The van der Waals surface area contributed by atoms with Gasteiger partial charge in [-0.1, -0.05) is 41.9 Å². The number of hydrogen-bond acceptors (Lipinski definition) is 5. The first kappa shape index (κ1) is 16.3. The summed E-state index contributed by atoms with van der Waals surface area (Å²) in [6.07, 6.45) is 1.18. The van der Waals surface area contributed by atoms with Crippen LogP contribution >= 0.6 is 11.6 Å². The van der Waals surface area contributed by atoms with Gasteiger partial charge in [0.1, 0.15) is 11.6 Å². The van der Waals surface area contributed by atoms with Gasteiger partial charge in [-0.05, 0) is 5.56 Å². The number of halogens is 1. The average molecular weight is 349 g/mol. The molecule has 1 fully saturated rings. The van der Waals surface area contributed by atoms with Crippen LogP contribution in [-0.2, 0) is 11.3 Å². The predicted molar refractivity (Wildman–Crippen MR) is 90.3 cm³/mol. The van der Waals surface area contributed by atoms with Crippen molar-refractivity contribution in [2.45, 2.75) is 6.61 Å². The number of benzene rings is 1. The van der Waals surface area contributed by atoms with E-state index in [1.54, 1.807) is 4.90 Å². The number of carbonyl (C=O) groups excluding carboxylic acids is 1. The summed E-state index contributed by atoms with van der Waals surface area (Å²) < 4.78 is 5.33. The fourth-order valence-corrected chi connectivity index (χ4v) is 2.75. The van der Waals surface area contributed by atoms with E-state index in [2.05, 4.69) is 10.2 Å². The van der Waals surface area contributed by atoms with E-state index in [4.69, 9.17) is 16.3 Å². The molecule has 126 valence electrons. The van der Waals surface area contributed by atoms with E-state index in [0.717, 1.165) is 5.56 Å². The van der Waals surface area contributed by atoms with Crippen molar-refractivity contribution in [3.05, 3.63) is 57.5 Å². The number of carbonyl (C=O) groups is 1. The quantitative estimate of drug-likeness (QED) is 0.916. The molecule has 0 unspecified atom stereocenters. The monoisotopic (exact) mass is 348 g/mol. The van der Waals surface area contributed by atoms with Crippen molar-refractivity contribution in [1.82, 2.24) is 15.1 Å². The lowest BCUT2D eigenvalue weighted by atomic mass is 10.2.